The quantitative estimate of drug-likeness (QED) is 0.860. The van der Waals surface area contributed by atoms with Crippen LogP contribution in [0.4, 0.5) is 11.4 Å². The minimum absolute atomic E-state index is 0.342. The molecular weight excluding hydrogens is 284 g/mol. The van der Waals surface area contributed by atoms with Gasteiger partial charge in [-0.15, -0.1) is 0 Å². The molecule has 0 spiro atoms. The molecule has 0 aromatic heterocycles. The number of nitrogens with two attached hydrogens (primary N) is 1. The van der Waals surface area contributed by atoms with Crippen LogP contribution in [-0.4, -0.2) is 26.3 Å². The van der Waals surface area contributed by atoms with Crippen molar-refractivity contribution in [3.05, 3.63) is 48.0 Å². The van der Waals surface area contributed by atoms with Crippen LogP contribution in [0.15, 0.2) is 42.5 Å². The molecular formula is C16H18N2O2S. The van der Waals surface area contributed by atoms with Crippen molar-refractivity contribution in [3.8, 4) is 11.5 Å². The molecule has 0 aliphatic heterocycles. The maximum absolute atomic E-state index is 5.83. The van der Waals surface area contributed by atoms with E-state index in [4.69, 9.17) is 27.4 Å². The smallest absolute Gasteiger partial charge is 0.142 e. The van der Waals surface area contributed by atoms with Crippen LogP contribution >= 0.6 is 12.2 Å². The summed E-state index contributed by atoms with van der Waals surface area (Å²) in [4.78, 5) is 2.32. The molecule has 21 heavy (non-hydrogen) atoms. The maximum Gasteiger partial charge on any atom is 0.142 e. The van der Waals surface area contributed by atoms with Crippen LogP contribution in [0, 0.1) is 0 Å². The summed E-state index contributed by atoms with van der Waals surface area (Å²) in [6, 6.07) is 13.4. The number of methoxy groups -OCH3 is 2. The first-order valence-electron chi connectivity index (χ1n) is 6.43. The van der Waals surface area contributed by atoms with Crippen molar-refractivity contribution in [2.45, 2.75) is 0 Å². The Labute approximate surface area is 130 Å². The van der Waals surface area contributed by atoms with E-state index in [2.05, 4.69) is 0 Å². The van der Waals surface area contributed by atoms with Crippen molar-refractivity contribution in [3.63, 3.8) is 0 Å². The first kappa shape index (κ1) is 15.1. The van der Waals surface area contributed by atoms with Crippen LogP contribution in [0.1, 0.15) is 5.56 Å². The lowest BCUT2D eigenvalue weighted by atomic mass is 10.1. The van der Waals surface area contributed by atoms with Gasteiger partial charge in [0.15, 0.2) is 0 Å². The Morgan fingerprint density at radius 2 is 1.76 bits per heavy atom. The second-order valence-corrected chi connectivity index (χ2v) is 4.92. The molecule has 0 fully saturated rings. The molecule has 2 aromatic rings. The first-order valence-corrected chi connectivity index (χ1v) is 6.84. The molecule has 0 unspecified atom stereocenters. The monoisotopic (exact) mass is 302 g/mol. The predicted octanol–water partition coefficient (Wildman–Crippen LogP) is 3.11. The summed E-state index contributed by atoms with van der Waals surface area (Å²) < 4.78 is 10.7. The zero-order chi connectivity index (χ0) is 15.4. The van der Waals surface area contributed by atoms with E-state index in [1.807, 2.05) is 54.4 Å². The second-order valence-electron chi connectivity index (χ2n) is 4.48. The normalized spacial score (nSPS) is 10.0. The fourth-order valence-electron chi connectivity index (χ4n) is 2.16. The second kappa shape index (κ2) is 6.45. The zero-order valence-electron chi connectivity index (χ0n) is 12.3. The Bertz CT molecular complexity index is 658. The third kappa shape index (κ3) is 3.08. The van der Waals surface area contributed by atoms with Gasteiger partial charge in [-0.2, -0.15) is 0 Å². The number of benzene rings is 2. The minimum atomic E-state index is 0.342. The van der Waals surface area contributed by atoms with Gasteiger partial charge in [0.1, 0.15) is 16.5 Å². The highest BCUT2D eigenvalue weighted by molar-refractivity contribution is 7.80. The van der Waals surface area contributed by atoms with E-state index in [1.54, 1.807) is 14.2 Å². The number of ether oxygens (including phenoxy) is 2. The average Bonchev–Trinajstić information content (AvgIpc) is 2.53. The molecule has 2 rings (SSSR count). The summed E-state index contributed by atoms with van der Waals surface area (Å²) in [5.74, 6) is 1.52. The van der Waals surface area contributed by atoms with E-state index in [1.165, 1.54) is 0 Å². The standard InChI is InChI=1S/C16H18N2O2S/c1-18(13-6-4-5-7-15(13)20-3)14-10-11(19-2)8-9-12(14)16(17)21/h4-10H,1-3H3,(H2,17,21). The summed E-state index contributed by atoms with van der Waals surface area (Å²) in [6.07, 6.45) is 0. The lowest BCUT2D eigenvalue weighted by molar-refractivity contribution is 0.414. The van der Waals surface area contributed by atoms with Gasteiger partial charge in [-0.1, -0.05) is 24.4 Å². The van der Waals surface area contributed by atoms with Crippen molar-refractivity contribution in [2.75, 3.05) is 26.2 Å². The van der Waals surface area contributed by atoms with Gasteiger partial charge in [0.25, 0.3) is 0 Å². The average molecular weight is 302 g/mol. The minimum Gasteiger partial charge on any atom is -0.497 e. The van der Waals surface area contributed by atoms with E-state index >= 15 is 0 Å². The van der Waals surface area contributed by atoms with Gasteiger partial charge in [0.2, 0.25) is 0 Å². The van der Waals surface area contributed by atoms with Crippen molar-refractivity contribution >= 4 is 28.6 Å². The summed E-state index contributed by atoms with van der Waals surface area (Å²) in [7, 11) is 5.21. The Hall–Kier alpha value is -2.27. The Morgan fingerprint density at radius 3 is 2.38 bits per heavy atom. The van der Waals surface area contributed by atoms with Gasteiger partial charge < -0.3 is 20.1 Å². The van der Waals surface area contributed by atoms with Crippen LogP contribution in [-0.2, 0) is 0 Å². The Balaban J connectivity index is 2.56. The molecule has 0 saturated heterocycles. The molecule has 0 radical (unpaired) electrons. The Kier molecular flexibility index (Phi) is 4.65. The van der Waals surface area contributed by atoms with Crippen molar-refractivity contribution in [1.82, 2.24) is 0 Å². The van der Waals surface area contributed by atoms with Gasteiger partial charge in [-0.05, 0) is 24.3 Å². The molecule has 0 saturated carbocycles. The van der Waals surface area contributed by atoms with Crippen LogP contribution in [0.2, 0.25) is 0 Å². The third-order valence-corrected chi connectivity index (χ3v) is 3.50. The number of thiocarbonyl (C=S) groups is 1. The fourth-order valence-corrected chi connectivity index (χ4v) is 2.33. The highest BCUT2D eigenvalue weighted by Crippen LogP contribution is 2.35. The van der Waals surface area contributed by atoms with Gasteiger partial charge in [-0.25, -0.2) is 0 Å². The van der Waals surface area contributed by atoms with Gasteiger partial charge in [0, 0.05) is 18.7 Å². The number of hydrogen-bond acceptors (Lipinski definition) is 4. The van der Waals surface area contributed by atoms with Crippen molar-refractivity contribution in [1.29, 1.82) is 0 Å². The van der Waals surface area contributed by atoms with Gasteiger partial charge in [0.05, 0.1) is 25.6 Å². The maximum atomic E-state index is 5.83. The van der Waals surface area contributed by atoms with Gasteiger partial charge >= 0.3 is 0 Å². The number of nitrogens with zero attached hydrogens (tertiary/aromatic N) is 1. The number of rotatable bonds is 5. The number of para-hydroxylation sites is 2. The van der Waals surface area contributed by atoms with Gasteiger partial charge in [-0.3, -0.25) is 0 Å². The number of anilines is 2. The molecule has 0 aliphatic rings. The zero-order valence-corrected chi connectivity index (χ0v) is 13.1. The fraction of sp³-hybridized carbons (Fsp3) is 0.188. The summed E-state index contributed by atoms with van der Waals surface area (Å²) in [6.45, 7) is 0. The van der Waals surface area contributed by atoms with Crippen LogP contribution in [0.3, 0.4) is 0 Å². The van der Waals surface area contributed by atoms with E-state index < -0.39 is 0 Å². The summed E-state index contributed by atoms with van der Waals surface area (Å²) >= 11 is 5.14. The molecule has 5 heteroatoms. The van der Waals surface area contributed by atoms with Crippen molar-refractivity contribution < 1.29 is 9.47 Å². The number of hydrogen-bond donors (Lipinski definition) is 1. The van der Waals surface area contributed by atoms with Crippen LogP contribution in [0.25, 0.3) is 0 Å². The lowest BCUT2D eigenvalue weighted by Crippen LogP contribution is -2.18. The molecule has 0 heterocycles. The predicted molar refractivity (Wildman–Crippen MR) is 89.9 cm³/mol. The van der Waals surface area contributed by atoms with E-state index in [-0.39, 0.29) is 0 Å². The van der Waals surface area contributed by atoms with Crippen molar-refractivity contribution in [2.24, 2.45) is 5.73 Å². The summed E-state index contributed by atoms with van der Waals surface area (Å²) in [5.41, 5.74) is 8.41. The van der Waals surface area contributed by atoms with E-state index in [0.717, 1.165) is 28.4 Å². The summed E-state index contributed by atoms with van der Waals surface area (Å²) in [5, 5.41) is 0. The lowest BCUT2D eigenvalue weighted by Gasteiger charge is -2.24. The first-order chi connectivity index (χ1) is 10.1. The molecule has 0 aliphatic carbocycles. The van der Waals surface area contributed by atoms with Crippen LogP contribution in [0.5, 0.6) is 11.5 Å². The third-order valence-electron chi connectivity index (χ3n) is 3.28. The highest BCUT2D eigenvalue weighted by Gasteiger charge is 2.15. The molecule has 0 bridgehead atoms. The molecule has 2 N–H and O–H groups in total. The largest absolute Gasteiger partial charge is 0.497 e. The SMILES string of the molecule is COc1ccc(C(N)=S)c(N(C)c2ccccc2OC)c1. The molecule has 2 aromatic carbocycles. The van der Waals surface area contributed by atoms with Crippen LogP contribution < -0.4 is 20.1 Å². The Morgan fingerprint density at radius 1 is 1.05 bits per heavy atom. The topological polar surface area (TPSA) is 47.7 Å². The molecule has 4 nitrogen and oxygen atoms in total. The van der Waals surface area contributed by atoms with E-state index in [0.29, 0.717) is 4.99 Å². The molecule has 0 atom stereocenters. The molecule has 110 valence electrons. The molecule has 0 amide bonds. The van der Waals surface area contributed by atoms with E-state index in [9.17, 15) is 0 Å². The highest BCUT2D eigenvalue weighted by atomic mass is 32.1.